The van der Waals surface area contributed by atoms with Crippen molar-refractivity contribution in [2.45, 2.75) is 44.9 Å². The Balaban J connectivity index is 2.02. The first-order valence-corrected chi connectivity index (χ1v) is 7.72. The van der Waals surface area contributed by atoms with Crippen LogP contribution in [-0.4, -0.2) is 18.7 Å². The highest BCUT2D eigenvalue weighted by molar-refractivity contribution is 7.80. The molecule has 0 spiro atoms. The lowest BCUT2D eigenvalue weighted by Crippen LogP contribution is -2.33. The van der Waals surface area contributed by atoms with Crippen molar-refractivity contribution in [1.82, 2.24) is 10.6 Å². The molecule has 2 rings (SSSR count). The summed E-state index contributed by atoms with van der Waals surface area (Å²) in [5, 5.41) is 6.97. The largest absolute Gasteiger partial charge is 0.366 e. The van der Waals surface area contributed by atoms with Crippen LogP contribution in [0.5, 0.6) is 0 Å². The van der Waals surface area contributed by atoms with Crippen LogP contribution >= 0.6 is 12.2 Å². The zero-order chi connectivity index (χ0) is 13.7. The van der Waals surface area contributed by atoms with E-state index in [-0.39, 0.29) is 0 Å². The Morgan fingerprint density at radius 3 is 3.00 bits per heavy atom. The fourth-order valence-electron chi connectivity index (χ4n) is 2.91. The maximum atomic E-state index is 5.12. The van der Waals surface area contributed by atoms with Crippen molar-refractivity contribution in [3.8, 4) is 0 Å². The molecule has 1 aliphatic carbocycles. The number of benzene rings is 1. The van der Waals surface area contributed by atoms with E-state index in [2.05, 4.69) is 35.8 Å². The zero-order valence-corrected chi connectivity index (χ0v) is 12.8. The SMILES string of the molecule is CCc1ccc2c(c1)[C@@H](CCNC(=S)NC)CCC2. The molecule has 0 heterocycles. The number of hydrogen-bond acceptors (Lipinski definition) is 1. The second-order valence-corrected chi connectivity index (χ2v) is 5.68. The van der Waals surface area contributed by atoms with Gasteiger partial charge in [0.2, 0.25) is 0 Å². The van der Waals surface area contributed by atoms with Gasteiger partial charge in [-0.25, -0.2) is 0 Å². The summed E-state index contributed by atoms with van der Waals surface area (Å²) in [6, 6.07) is 7.05. The highest BCUT2D eigenvalue weighted by Crippen LogP contribution is 2.34. The minimum atomic E-state index is 0.697. The summed E-state index contributed by atoms with van der Waals surface area (Å²) < 4.78 is 0. The van der Waals surface area contributed by atoms with E-state index >= 15 is 0 Å². The van der Waals surface area contributed by atoms with Crippen LogP contribution in [0.1, 0.15) is 48.8 Å². The van der Waals surface area contributed by atoms with Crippen LogP contribution in [0.25, 0.3) is 0 Å². The molecule has 0 fully saturated rings. The van der Waals surface area contributed by atoms with Crippen molar-refractivity contribution in [2.24, 2.45) is 0 Å². The molecule has 2 nitrogen and oxygen atoms in total. The Bertz CT molecular complexity index is 442. The molecule has 0 bridgehead atoms. The summed E-state index contributed by atoms with van der Waals surface area (Å²) in [4.78, 5) is 0. The van der Waals surface area contributed by atoms with Crippen LogP contribution in [0.15, 0.2) is 18.2 Å². The summed E-state index contributed by atoms with van der Waals surface area (Å²) in [5.41, 5.74) is 4.61. The van der Waals surface area contributed by atoms with Crippen molar-refractivity contribution in [2.75, 3.05) is 13.6 Å². The highest BCUT2D eigenvalue weighted by Gasteiger charge is 2.20. The van der Waals surface area contributed by atoms with Crippen LogP contribution in [0.3, 0.4) is 0 Å². The van der Waals surface area contributed by atoms with Crippen molar-refractivity contribution in [3.63, 3.8) is 0 Å². The fraction of sp³-hybridized carbons (Fsp3) is 0.562. The lowest BCUT2D eigenvalue weighted by atomic mass is 9.80. The number of thiocarbonyl (C=S) groups is 1. The van der Waals surface area contributed by atoms with Crippen LogP contribution < -0.4 is 10.6 Å². The summed E-state index contributed by atoms with van der Waals surface area (Å²) in [7, 11) is 1.86. The minimum Gasteiger partial charge on any atom is -0.366 e. The smallest absolute Gasteiger partial charge is 0.166 e. The maximum Gasteiger partial charge on any atom is 0.166 e. The zero-order valence-electron chi connectivity index (χ0n) is 12.0. The standard InChI is InChI=1S/C16H24N2S/c1-3-12-7-8-13-5-4-6-14(15(13)11-12)9-10-18-16(19)17-2/h7-8,11,14H,3-6,9-10H2,1-2H3,(H2,17,18,19)/t14-/m1/s1. The third-order valence-electron chi connectivity index (χ3n) is 4.06. The van der Waals surface area contributed by atoms with Gasteiger partial charge in [0, 0.05) is 13.6 Å². The Morgan fingerprint density at radius 2 is 2.26 bits per heavy atom. The number of fused-ring (bicyclic) bond motifs is 1. The Kier molecular flexibility index (Phi) is 5.20. The lowest BCUT2D eigenvalue weighted by Gasteiger charge is -2.26. The number of rotatable bonds is 4. The molecule has 0 saturated carbocycles. The van der Waals surface area contributed by atoms with E-state index in [9.17, 15) is 0 Å². The average molecular weight is 276 g/mol. The fourth-order valence-corrected chi connectivity index (χ4v) is 3.02. The first kappa shape index (κ1) is 14.3. The molecule has 0 amide bonds. The molecule has 104 valence electrons. The molecule has 1 atom stereocenters. The first-order valence-electron chi connectivity index (χ1n) is 7.32. The van der Waals surface area contributed by atoms with E-state index in [1.165, 1.54) is 31.2 Å². The van der Waals surface area contributed by atoms with Gasteiger partial charge in [0.25, 0.3) is 0 Å². The van der Waals surface area contributed by atoms with Crippen molar-refractivity contribution in [1.29, 1.82) is 0 Å². The number of nitrogens with one attached hydrogen (secondary N) is 2. The van der Waals surface area contributed by atoms with Gasteiger partial charge in [-0.05, 0) is 66.9 Å². The van der Waals surface area contributed by atoms with Crippen LogP contribution in [0.2, 0.25) is 0 Å². The first-order chi connectivity index (χ1) is 9.24. The molecule has 1 aromatic rings. The molecule has 0 unspecified atom stereocenters. The van der Waals surface area contributed by atoms with Crippen LogP contribution in [0.4, 0.5) is 0 Å². The van der Waals surface area contributed by atoms with E-state index in [1.54, 1.807) is 11.1 Å². The van der Waals surface area contributed by atoms with E-state index in [1.807, 2.05) is 7.05 Å². The third kappa shape index (κ3) is 3.69. The molecular weight excluding hydrogens is 252 g/mol. The van der Waals surface area contributed by atoms with E-state index in [4.69, 9.17) is 12.2 Å². The Morgan fingerprint density at radius 1 is 1.42 bits per heavy atom. The van der Waals surface area contributed by atoms with Crippen LogP contribution in [0, 0.1) is 0 Å². The van der Waals surface area contributed by atoms with Gasteiger partial charge in [-0.15, -0.1) is 0 Å². The van der Waals surface area contributed by atoms with Crippen molar-refractivity contribution >= 4 is 17.3 Å². The number of hydrogen-bond donors (Lipinski definition) is 2. The van der Waals surface area contributed by atoms with Gasteiger partial charge in [-0.3, -0.25) is 0 Å². The molecule has 1 aromatic carbocycles. The second-order valence-electron chi connectivity index (χ2n) is 5.27. The van der Waals surface area contributed by atoms with Gasteiger partial charge < -0.3 is 10.6 Å². The van der Waals surface area contributed by atoms with Gasteiger partial charge in [0.15, 0.2) is 5.11 Å². The van der Waals surface area contributed by atoms with Gasteiger partial charge in [0.1, 0.15) is 0 Å². The number of aryl methyl sites for hydroxylation is 2. The van der Waals surface area contributed by atoms with Gasteiger partial charge in [-0.2, -0.15) is 0 Å². The summed E-state index contributed by atoms with van der Waals surface area (Å²) in [6.45, 7) is 3.19. The molecular formula is C16H24N2S. The predicted molar refractivity (Wildman–Crippen MR) is 85.8 cm³/mol. The highest BCUT2D eigenvalue weighted by atomic mass is 32.1. The van der Waals surface area contributed by atoms with E-state index in [0.717, 1.165) is 18.1 Å². The van der Waals surface area contributed by atoms with Crippen molar-refractivity contribution < 1.29 is 0 Å². The molecule has 1 aliphatic rings. The van der Waals surface area contributed by atoms with E-state index in [0.29, 0.717) is 5.92 Å². The topological polar surface area (TPSA) is 24.1 Å². The van der Waals surface area contributed by atoms with E-state index < -0.39 is 0 Å². The average Bonchev–Trinajstić information content (AvgIpc) is 2.46. The maximum absolute atomic E-state index is 5.12. The Hall–Kier alpha value is -1.09. The third-order valence-corrected chi connectivity index (χ3v) is 4.41. The second kappa shape index (κ2) is 6.90. The predicted octanol–water partition coefficient (Wildman–Crippen LogP) is 3.15. The van der Waals surface area contributed by atoms with Crippen LogP contribution in [-0.2, 0) is 12.8 Å². The summed E-state index contributed by atoms with van der Waals surface area (Å²) in [5.74, 6) is 0.697. The molecule has 0 aromatic heterocycles. The van der Waals surface area contributed by atoms with Gasteiger partial charge in [-0.1, -0.05) is 25.1 Å². The lowest BCUT2D eigenvalue weighted by molar-refractivity contribution is 0.516. The Labute approximate surface area is 122 Å². The molecule has 0 radical (unpaired) electrons. The molecule has 19 heavy (non-hydrogen) atoms. The molecule has 3 heteroatoms. The molecule has 2 N–H and O–H groups in total. The summed E-state index contributed by atoms with van der Waals surface area (Å²) in [6.07, 6.45) is 6.18. The molecule has 0 aliphatic heterocycles. The van der Waals surface area contributed by atoms with Crippen molar-refractivity contribution in [3.05, 3.63) is 34.9 Å². The van der Waals surface area contributed by atoms with Gasteiger partial charge in [0.05, 0.1) is 0 Å². The molecule has 0 saturated heterocycles. The summed E-state index contributed by atoms with van der Waals surface area (Å²) >= 11 is 5.12. The minimum absolute atomic E-state index is 0.697. The normalized spacial score (nSPS) is 17.7. The van der Waals surface area contributed by atoms with Gasteiger partial charge >= 0.3 is 0 Å². The monoisotopic (exact) mass is 276 g/mol. The quantitative estimate of drug-likeness (QED) is 0.826.